The van der Waals surface area contributed by atoms with Gasteiger partial charge in [0.2, 0.25) is 0 Å². The molecule has 0 aliphatic heterocycles. The summed E-state index contributed by atoms with van der Waals surface area (Å²) in [5, 5.41) is 1.29. The Balaban J connectivity index is 2.87. The molecule has 0 fully saturated rings. The second kappa shape index (κ2) is 4.85. The van der Waals surface area contributed by atoms with E-state index in [1.165, 1.54) is 0 Å². The number of halogens is 2. The van der Waals surface area contributed by atoms with Crippen molar-refractivity contribution in [2.75, 3.05) is 0 Å². The van der Waals surface area contributed by atoms with Gasteiger partial charge in [0.05, 0.1) is 0 Å². The minimum absolute atomic E-state index is 0.0428. The van der Waals surface area contributed by atoms with Gasteiger partial charge in [-0.15, -0.1) is 0 Å². The molecule has 0 saturated heterocycles. The molecule has 0 aliphatic rings. The Kier molecular flexibility index (Phi) is 4.04. The maximum absolute atomic E-state index is 5.93. The van der Waals surface area contributed by atoms with Crippen LogP contribution in [0.3, 0.4) is 0 Å². The van der Waals surface area contributed by atoms with Crippen molar-refractivity contribution in [3.8, 4) is 0 Å². The first-order chi connectivity index (χ1) is 6.13. The fourth-order valence-electron chi connectivity index (χ4n) is 1.27. The molecule has 1 aromatic rings. The van der Waals surface area contributed by atoms with Crippen molar-refractivity contribution < 1.29 is 0 Å². The van der Waals surface area contributed by atoms with Crippen LogP contribution in [-0.4, -0.2) is 0 Å². The highest BCUT2D eigenvalue weighted by Gasteiger charge is 2.06. The molecule has 1 rings (SSSR count). The molecule has 0 aliphatic carbocycles. The van der Waals surface area contributed by atoms with Crippen molar-refractivity contribution in [3.63, 3.8) is 0 Å². The summed E-state index contributed by atoms with van der Waals surface area (Å²) in [4.78, 5) is 0. The lowest BCUT2D eigenvalue weighted by atomic mass is 10.0. The van der Waals surface area contributed by atoms with E-state index in [4.69, 9.17) is 28.9 Å². The van der Waals surface area contributed by atoms with E-state index >= 15 is 0 Å². The maximum Gasteiger partial charge on any atom is 0.0424 e. The molecule has 0 spiro atoms. The van der Waals surface area contributed by atoms with Crippen molar-refractivity contribution in [3.05, 3.63) is 33.8 Å². The summed E-state index contributed by atoms with van der Waals surface area (Å²) in [6.07, 6.45) is 2.02. The fourth-order valence-corrected chi connectivity index (χ4v) is 1.81. The van der Waals surface area contributed by atoms with Gasteiger partial charge in [0.1, 0.15) is 0 Å². The molecule has 0 aromatic heterocycles. The summed E-state index contributed by atoms with van der Waals surface area (Å²) in [5.74, 6) is 0. The van der Waals surface area contributed by atoms with E-state index < -0.39 is 0 Å². The fraction of sp³-hybridized carbons (Fsp3) is 0.400. The van der Waals surface area contributed by atoms with Crippen LogP contribution in [0.25, 0.3) is 0 Å². The lowest BCUT2D eigenvalue weighted by Gasteiger charge is -2.11. The number of hydrogen-bond donors (Lipinski definition) is 1. The van der Waals surface area contributed by atoms with E-state index in [0.29, 0.717) is 10.0 Å². The standard InChI is InChI=1S/C10H13Cl2N/c1-2-3-10(13)7-4-8(11)6-9(12)5-7/h4-6,10H,2-3,13H2,1H3/t10-/m1/s1. The minimum Gasteiger partial charge on any atom is -0.324 e. The third-order valence-electron chi connectivity index (χ3n) is 1.91. The van der Waals surface area contributed by atoms with Crippen LogP contribution in [-0.2, 0) is 0 Å². The Hall–Kier alpha value is -0.240. The number of nitrogens with two attached hydrogens (primary N) is 1. The van der Waals surface area contributed by atoms with Crippen molar-refractivity contribution in [1.82, 2.24) is 0 Å². The topological polar surface area (TPSA) is 26.0 Å². The minimum atomic E-state index is 0.0428. The van der Waals surface area contributed by atoms with E-state index in [-0.39, 0.29) is 6.04 Å². The largest absolute Gasteiger partial charge is 0.324 e. The second-order valence-corrected chi connectivity index (χ2v) is 3.97. The van der Waals surface area contributed by atoms with Gasteiger partial charge >= 0.3 is 0 Å². The van der Waals surface area contributed by atoms with E-state index in [1.807, 2.05) is 12.1 Å². The van der Waals surface area contributed by atoms with Crippen LogP contribution in [0, 0.1) is 0 Å². The maximum atomic E-state index is 5.93. The first-order valence-electron chi connectivity index (χ1n) is 4.35. The smallest absolute Gasteiger partial charge is 0.0424 e. The molecule has 1 aromatic carbocycles. The molecule has 1 nitrogen and oxygen atoms in total. The van der Waals surface area contributed by atoms with Crippen LogP contribution >= 0.6 is 23.2 Å². The molecule has 0 unspecified atom stereocenters. The van der Waals surface area contributed by atoms with Crippen molar-refractivity contribution in [2.24, 2.45) is 5.73 Å². The molecular formula is C10H13Cl2N. The molecule has 0 bridgehead atoms. The van der Waals surface area contributed by atoms with Crippen molar-refractivity contribution in [1.29, 1.82) is 0 Å². The second-order valence-electron chi connectivity index (χ2n) is 3.10. The van der Waals surface area contributed by atoms with Crippen LogP contribution in [0.2, 0.25) is 10.0 Å². The normalized spacial score (nSPS) is 12.9. The first-order valence-corrected chi connectivity index (χ1v) is 5.10. The van der Waals surface area contributed by atoms with Crippen molar-refractivity contribution >= 4 is 23.2 Å². The van der Waals surface area contributed by atoms with Gasteiger partial charge < -0.3 is 5.73 Å². The van der Waals surface area contributed by atoms with Crippen molar-refractivity contribution in [2.45, 2.75) is 25.8 Å². The lowest BCUT2D eigenvalue weighted by molar-refractivity contribution is 0.638. The molecule has 72 valence electrons. The molecule has 1 atom stereocenters. The van der Waals surface area contributed by atoms with Gasteiger partial charge in [-0.1, -0.05) is 36.5 Å². The van der Waals surface area contributed by atoms with Crippen LogP contribution < -0.4 is 5.73 Å². The summed E-state index contributed by atoms with van der Waals surface area (Å²) < 4.78 is 0. The van der Waals surface area contributed by atoms with E-state index in [9.17, 15) is 0 Å². The summed E-state index contributed by atoms with van der Waals surface area (Å²) in [6, 6.07) is 5.49. The highest BCUT2D eigenvalue weighted by atomic mass is 35.5. The molecule has 0 saturated carbocycles. The van der Waals surface area contributed by atoms with Crippen LogP contribution in [0.4, 0.5) is 0 Å². The van der Waals surface area contributed by atoms with Gasteiger partial charge in [0, 0.05) is 16.1 Å². The van der Waals surface area contributed by atoms with Gasteiger partial charge in [-0.25, -0.2) is 0 Å². The summed E-state index contributed by atoms with van der Waals surface area (Å²) in [6.45, 7) is 2.10. The van der Waals surface area contributed by atoms with Gasteiger partial charge in [0.25, 0.3) is 0 Å². The summed E-state index contributed by atoms with van der Waals surface area (Å²) in [5.41, 5.74) is 6.94. The summed E-state index contributed by atoms with van der Waals surface area (Å²) >= 11 is 11.7. The zero-order valence-electron chi connectivity index (χ0n) is 7.56. The first kappa shape index (κ1) is 10.8. The number of benzene rings is 1. The Bertz CT molecular complexity index is 266. The monoisotopic (exact) mass is 217 g/mol. The summed E-state index contributed by atoms with van der Waals surface area (Å²) in [7, 11) is 0. The van der Waals surface area contributed by atoms with Crippen LogP contribution in [0.15, 0.2) is 18.2 Å². The predicted molar refractivity (Wildman–Crippen MR) is 58.3 cm³/mol. The van der Waals surface area contributed by atoms with Crippen LogP contribution in [0.1, 0.15) is 31.4 Å². The molecular weight excluding hydrogens is 205 g/mol. The molecule has 3 heteroatoms. The lowest BCUT2D eigenvalue weighted by Crippen LogP contribution is -2.09. The molecule has 0 radical (unpaired) electrons. The van der Waals surface area contributed by atoms with Gasteiger partial charge in [-0.3, -0.25) is 0 Å². The van der Waals surface area contributed by atoms with E-state index in [1.54, 1.807) is 6.07 Å². The number of rotatable bonds is 3. The van der Waals surface area contributed by atoms with Gasteiger partial charge in [-0.2, -0.15) is 0 Å². The SMILES string of the molecule is CCC[C@@H](N)c1cc(Cl)cc(Cl)c1. The van der Waals surface area contributed by atoms with E-state index in [0.717, 1.165) is 18.4 Å². The molecule has 13 heavy (non-hydrogen) atoms. The quantitative estimate of drug-likeness (QED) is 0.820. The average molecular weight is 218 g/mol. The Labute approximate surface area is 88.8 Å². The number of hydrogen-bond acceptors (Lipinski definition) is 1. The van der Waals surface area contributed by atoms with Crippen LogP contribution in [0.5, 0.6) is 0 Å². The average Bonchev–Trinajstić information content (AvgIpc) is 2.03. The third kappa shape index (κ3) is 3.18. The molecule has 2 N–H and O–H groups in total. The Morgan fingerprint density at radius 2 is 1.77 bits per heavy atom. The Morgan fingerprint density at radius 1 is 1.23 bits per heavy atom. The predicted octanol–water partition coefficient (Wildman–Crippen LogP) is 3.79. The molecule has 0 heterocycles. The third-order valence-corrected chi connectivity index (χ3v) is 2.35. The van der Waals surface area contributed by atoms with E-state index in [2.05, 4.69) is 6.92 Å². The highest BCUT2D eigenvalue weighted by Crippen LogP contribution is 2.24. The Morgan fingerprint density at radius 3 is 2.23 bits per heavy atom. The zero-order valence-corrected chi connectivity index (χ0v) is 9.07. The highest BCUT2D eigenvalue weighted by molar-refractivity contribution is 6.34. The molecule has 0 amide bonds. The van der Waals surface area contributed by atoms with Gasteiger partial charge in [-0.05, 0) is 30.2 Å². The zero-order chi connectivity index (χ0) is 9.84. The van der Waals surface area contributed by atoms with Gasteiger partial charge in [0.15, 0.2) is 0 Å².